The molecule has 0 saturated carbocycles. The fourth-order valence-corrected chi connectivity index (χ4v) is 4.14. The van der Waals surface area contributed by atoms with Crippen molar-refractivity contribution in [3.8, 4) is 0 Å². The Morgan fingerprint density at radius 2 is 2.00 bits per heavy atom. The van der Waals surface area contributed by atoms with Gasteiger partial charge in [0.25, 0.3) is 0 Å². The summed E-state index contributed by atoms with van der Waals surface area (Å²) in [6.45, 7) is 7.52. The number of nitrogens with zero attached hydrogens (tertiary/aromatic N) is 5. The second kappa shape index (κ2) is 7.89. The van der Waals surface area contributed by atoms with Crippen LogP contribution in [0.15, 0.2) is 35.4 Å². The Hall–Kier alpha value is -3.23. The second-order valence-corrected chi connectivity index (χ2v) is 8.27. The number of anilines is 2. The molecule has 158 valence electrons. The number of hydrogen-bond acceptors (Lipinski definition) is 5. The van der Waals surface area contributed by atoms with Crippen LogP contribution < -0.4 is 15.9 Å². The fourth-order valence-electron chi connectivity index (χ4n) is 4.14. The van der Waals surface area contributed by atoms with Gasteiger partial charge in [0.2, 0.25) is 11.6 Å². The Bertz CT molecular complexity index is 1140. The summed E-state index contributed by atoms with van der Waals surface area (Å²) < 4.78 is 16.5. The van der Waals surface area contributed by atoms with Crippen molar-refractivity contribution < 1.29 is 9.18 Å². The number of fused-ring (bicyclic) bond motifs is 1. The molecule has 3 heterocycles. The molecule has 1 amide bonds. The van der Waals surface area contributed by atoms with Gasteiger partial charge < -0.3 is 10.2 Å². The predicted molar refractivity (Wildman–Crippen MR) is 112 cm³/mol. The standard InChI is InChI=1S/C21H25FN6O2/c1-13-4-5-17(16(22)9-13)24-18(29)12-28-21(30)27-7-6-23-19(20(27)25-28)26-10-14(2)8-15(3)11-26/h4-7,9,14-15H,8,10-12H2,1-3H3,(H,24,29). The average Bonchev–Trinajstić information content (AvgIpc) is 2.99. The summed E-state index contributed by atoms with van der Waals surface area (Å²) in [7, 11) is 0. The van der Waals surface area contributed by atoms with Crippen LogP contribution in [0.25, 0.3) is 5.65 Å². The van der Waals surface area contributed by atoms with Crippen LogP contribution >= 0.6 is 0 Å². The van der Waals surface area contributed by atoms with Crippen molar-refractivity contribution in [2.75, 3.05) is 23.3 Å². The summed E-state index contributed by atoms with van der Waals surface area (Å²) in [6.07, 6.45) is 4.26. The number of rotatable bonds is 4. The number of piperidine rings is 1. The highest BCUT2D eigenvalue weighted by molar-refractivity contribution is 5.90. The molecule has 0 bridgehead atoms. The zero-order valence-electron chi connectivity index (χ0n) is 17.3. The minimum Gasteiger partial charge on any atom is -0.353 e. The van der Waals surface area contributed by atoms with Crippen LogP contribution in [0.1, 0.15) is 25.8 Å². The van der Waals surface area contributed by atoms with Crippen molar-refractivity contribution in [1.82, 2.24) is 19.2 Å². The van der Waals surface area contributed by atoms with E-state index >= 15 is 0 Å². The maximum absolute atomic E-state index is 14.0. The molecule has 1 aromatic carbocycles. The zero-order chi connectivity index (χ0) is 21.4. The highest BCUT2D eigenvalue weighted by Crippen LogP contribution is 2.26. The zero-order valence-corrected chi connectivity index (χ0v) is 17.3. The molecule has 0 aliphatic carbocycles. The van der Waals surface area contributed by atoms with Crippen LogP contribution in [-0.4, -0.2) is 38.2 Å². The summed E-state index contributed by atoms with van der Waals surface area (Å²) in [4.78, 5) is 31.8. The van der Waals surface area contributed by atoms with E-state index in [4.69, 9.17) is 0 Å². The number of halogens is 1. The topological polar surface area (TPSA) is 84.5 Å². The molecule has 0 radical (unpaired) electrons. The van der Waals surface area contributed by atoms with Crippen LogP contribution in [0.2, 0.25) is 0 Å². The Morgan fingerprint density at radius 1 is 1.27 bits per heavy atom. The van der Waals surface area contributed by atoms with Gasteiger partial charge in [0.15, 0.2) is 5.82 Å². The predicted octanol–water partition coefficient (Wildman–Crippen LogP) is 2.46. The van der Waals surface area contributed by atoms with Crippen LogP contribution in [0.5, 0.6) is 0 Å². The van der Waals surface area contributed by atoms with Gasteiger partial charge in [0, 0.05) is 25.5 Å². The minimum absolute atomic E-state index is 0.0704. The highest BCUT2D eigenvalue weighted by atomic mass is 19.1. The van der Waals surface area contributed by atoms with E-state index < -0.39 is 17.4 Å². The molecule has 2 aromatic heterocycles. The number of carbonyl (C=O) groups excluding carboxylic acids is 1. The quantitative estimate of drug-likeness (QED) is 0.712. The van der Waals surface area contributed by atoms with Gasteiger partial charge >= 0.3 is 5.69 Å². The maximum atomic E-state index is 14.0. The molecule has 1 aliphatic heterocycles. The normalized spacial score (nSPS) is 19.3. The number of nitrogens with one attached hydrogen (secondary N) is 1. The molecule has 1 saturated heterocycles. The Kier molecular flexibility index (Phi) is 5.27. The van der Waals surface area contributed by atoms with Gasteiger partial charge in [-0.3, -0.25) is 4.79 Å². The lowest BCUT2D eigenvalue weighted by Crippen LogP contribution is -2.39. The monoisotopic (exact) mass is 412 g/mol. The van der Waals surface area contributed by atoms with Gasteiger partial charge in [-0.2, -0.15) is 0 Å². The first-order valence-electron chi connectivity index (χ1n) is 10.1. The van der Waals surface area contributed by atoms with E-state index in [0.29, 0.717) is 23.3 Å². The van der Waals surface area contributed by atoms with Gasteiger partial charge in [-0.1, -0.05) is 19.9 Å². The summed E-state index contributed by atoms with van der Waals surface area (Å²) >= 11 is 0. The van der Waals surface area contributed by atoms with Crippen molar-refractivity contribution in [3.63, 3.8) is 0 Å². The molecule has 0 spiro atoms. The Balaban J connectivity index is 1.60. The molecule has 9 heteroatoms. The third-order valence-electron chi connectivity index (χ3n) is 5.34. The third-order valence-corrected chi connectivity index (χ3v) is 5.34. The number of aryl methyl sites for hydroxylation is 1. The summed E-state index contributed by atoms with van der Waals surface area (Å²) in [5, 5.41) is 6.86. The molecule has 1 N–H and O–H groups in total. The van der Waals surface area contributed by atoms with Crippen molar-refractivity contribution >= 4 is 23.1 Å². The van der Waals surface area contributed by atoms with E-state index in [2.05, 4.69) is 34.1 Å². The van der Waals surface area contributed by atoms with Gasteiger partial charge in [-0.15, -0.1) is 5.10 Å². The molecule has 2 atom stereocenters. The van der Waals surface area contributed by atoms with Crippen molar-refractivity contribution in [1.29, 1.82) is 0 Å². The first kappa shape index (κ1) is 20.1. The van der Waals surface area contributed by atoms with Crippen LogP contribution in [0, 0.1) is 24.6 Å². The molecule has 3 aromatic rings. The van der Waals surface area contributed by atoms with Crippen LogP contribution in [-0.2, 0) is 11.3 Å². The van der Waals surface area contributed by atoms with Gasteiger partial charge in [0.1, 0.15) is 12.4 Å². The maximum Gasteiger partial charge on any atom is 0.350 e. The van der Waals surface area contributed by atoms with Gasteiger partial charge in [0.05, 0.1) is 5.69 Å². The van der Waals surface area contributed by atoms with Gasteiger partial charge in [-0.25, -0.2) is 23.3 Å². The van der Waals surface area contributed by atoms with E-state index in [1.54, 1.807) is 25.4 Å². The van der Waals surface area contributed by atoms with Crippen LogP contribution in [0.4, 0.5) is 15.9 Å². The molecule has 1 fully saturated rings. The number of amides is 1. The van der Waals surface area contributed by atoms with E-state index in [0.717, 1.165) is 29.8 Å². The number of carbonyl (C=O) groups is 1. The molecule has 1 aliphatic rings. The molecule has 2 unspecified atom stereocenters. The lowest BCUT2D eigenvalue weighted by atomic mass is 9.92. The second-order valence-electron chi connectivity index (χ2n) is 8.27. The summed E-state index contributed by atoms with van der Waals surface area (Å²) in [5.41, 5.74) is 0.800. The summed E-state index contributed by atoms with van der Waals surface area (Å²) in [5.74, 6) is 0.611. The van der Waals surface area contributed by atoms with Crippen molar-refractivity contribution in [2.45, 2.75) is 33.7 Å². The van der Waals surface area contributed by atoms with E-state index in [9.17, 15) is 14.0 Å². The third kappa shape index (κ3) is 3.92. The molecule has 30 heavy (non-hydrogen) atoms. The molecular formula is C21H25FN6O2. The largest absolute Gasteiger partial charge is 0.353 e. The van der Waals surface area contributed by atoms with E-state index in [-0.39, 0.29) is 12.2 Å². The first-order chi connectivity index (χ1) is 14.3. The lowest BCUT2D eigenvalue weighted by molar-refractivity contribution is -0.117. The Labute approximate surface area is 173 Å². The van der Waals surface area contributed by atoms with Crippen LogP contribution in [0.3, 0.4) is 0 Å². The molecule has 8 nitrogen and oxygen atoms in total. The van der Waals surface area contributed by atoms with Crippen molar-refractivity contribution in [2.24, 2.45) is 11.8 Å². The number of hydrogen-bond donors (Lipinski definition) is 1. The lowest BCUT2D eigenvalue weighted by Gasteiger charge is -2.35. The number of benzene rings is 1. The number of aromatic nitrogens is 4. The van der Waals surface area contributed by atoms with E-state index in [1.807, 2.05) is 0 Å². The summed E-state index contributed by atoms with van der Waals surface area (Å²) in [6, 6.07) is 4.54. The average molecular weight is 412 g/mol. The van der Waals surface area contributed by atoms with Gasteiger partial charge in [-0.05, 0) is 42.9 Å². The highest BCUT2D eigenvalue weighted by Gasteiger charge is 2.26. The SMILES string of the molecule is Cc1ccc(NC(=O)Cn2nc3c(N4CC(C)CC(C)C4)nccn3c2=O)c(F)c1. The smallest absolute Gasteiger partial charge is 0.350 e. The fraction of sp³-hybridized carbons (Fsp3) is 0.429. The molecular weight excluding hydrogens is 387 g/mol. The van der Waals surface area contributed by atoms with Crippen molar-refractivity contribution in [3.05, 3.63) is 52.5 Å². The molecule has 4 rings (SSSR count). The Morgan fingerprint density at radius 3 is 2.70 bits per heavy atom. The van der Waals surface area contributed by atoms with E-state index in [1.165, 1.54) is 16.5 Å². The minimum atomic E-state index is -0.530. The first-order valence-corrected chi connectivity index (χ1v) is 10.1.